The Morgan fingerprint density at radius 1 is 1.11 bits per heavy atom. The summed E-state index contributed by atoms with van der Waals surface area (Å²) in [6, 6.07) is 13.2. The van der Waals surface area contributed by atoms with Crippen LogP contribution in [0, 0.1) is 6.92 Å². The topological polar surface area (TPSA) is 67.9 Å². The third-order valence-electron chi connectivity index (χ3n) is 4.55. The monoisotopic (exact) mass is 380 g/mol. The highest BCUT2D eigenvalue weighted by atomic mass is 16.5. The highest BCUT2D eigenvalue weighted by Gasteiger charge is 2.18. The number of hydrogen-bond donors (Lipinski definition) is 1. The van der Waals surface area contributed by atoms with E-state index in [9.17, 15) is 9.59 Å². The van der Waals surface area contributed by atoms with Gasteiger partial charge in [-0.15, -0.1) is 0 Å². The van der Waals surface area contributed by atoms with Crippen LogP contribution in [-0.2, 0) is 14.3 Å². The van der Waals surface area contributed by atoms with Crippen LogP contribution in [-0.4, -0.2) is 45.3 Å². The van der Waals surface area contributed by atoms with Crippen molar-refractivity contribution in [2.45, 2.75) is 6.92 Å². The first-order valence-corrected chi connectivity index (χ1v) is 9.17. The second kappa shape index (κ2) is 9.19. The Kier molecular flexibility index (Phi) is 6.45. The summed E-state index contributed by atoms with van der Waals surface area (Å²) in [7, 11) is 1.33. The van der Waals surface area contributed by atoms with Gasteiger partial charge in [0.05, 0.1) is 31.6 Å². The number of nitrogens with zero attached hydrogens (tertiary/aromatic N) is 1. The van der Waals surface area contributed by atoms with Gasteiger partial charge in [0.1, 0.15) is 0 Å². The zero-order valence-corrected chi connectivity index (χ0v) is 16.1. The number of anilines is 2. The summed E-state index contributed by atoms with van der Waals surface area (Å²) in [5.41, 5.74) is 3.73. The number of esters is 1. The van der Waals surface area contributed by atoms with E-state index < -0.39 is 5.97 Å². The summed E-state index contributed by atoms with van der Waals surface area (Å²) in [6.45, 7) is 4.82. The summed E-state index contributed by atoms with van der Waals surface area (Å²) in [6.07, 6.45) is 3.18. The zero-order chi connectivity index (χ0) is 19.9. The molecule has 3 rings (SSSR count). The number of carbonyl (C=O) groups excluding carboxylic acids is 2. The lowest BCUT2D eigenvalue weighted by Crippen LogP contribution is -2.36. The SMILES string of the molecule is COC(=O)c1cc(N2CCOCC2)ccc1NC(=O)/C=C/c1ccc(C)cc1. The molecule has 1 aliphatic rings. The molecule has 2 aromatic rings. The maximum atomic E-state index is 12.3. The number of nitrogens with one attached hydrogen (secondary N) is 1. The largest absolute Gasteiger partial charge is 0.465 e. The van der Waals surface area contributed by atoms with Gasteiger partial charge in [-0.3, -0.25) is 4.79 Å². The third kappa shape index (κ3) is 4.98. The van der Waals surface area contributed by atoms with Crippen LogP contribution in [0.5, 0.6) is 0 Å². The summed E-state index contributed by atoms with van der Waals surface area (Å²) in [5.74, 6) is -0.808. The highest BCUT2D eigenvalue weighted by molar-refractivity contribution is 6.06. The van der Waals surface area contributed by atoms with Gasteiger partial charge in [-0.1, -0.05) is 29.8 Å². The van der Waals surface area contributed by atoms with Crippen LogP contribution in [0.15, 0.2) is 48.5 Å². The van der Waals surface area contributed by atoms with Crippen molar-refractivity contribution in [3.63, 3.8) is 0 Å². The maximum absolute atomic E-state index is 12.3. The normalized spacial score (nSPS) is 14.1. The molecule has 2 aromatic carbocycles. The van der Waals surface area contributed by atoms with Crippen LogP contribution >= 0.6 is 0 Å². The smallest absolute Gasteiger partial charge is 0.340 e. The molecule has 1 heterocycles. The molecule has 1 N–H and O–H groups in total. The first-order valence-electron chi connectivity index (χ1n) is 9.17. The molecule has 1 fully saturated rings. The number of morpholine rings is 1. The molecule has 1 aliphatic heterocycles. The van der Waals surface area contributed by atoms with Crippen molar-refractivity contribution < 1.29 is 19.1 Å². The van der Waals surface area contributed by atoms with Gasteiger partial charge in [0.25, 0.3) is 0 Å². The number of amides is 1. The minimum Gasteiger partial charge on any atom is -0.465 e. The Hall–Kier alpha value is -3.12. The molecule has 0 unspecified atom stereocenters. The van der Waals surface area contributed by atoms with Gasteiger partial charge in [-0.2, -0.15) is 0 Å². The molecule has 0 radical (unpaired) electrons. The Balaban J connectivity index is 1.76. The van der Waals surface area contributed by atoms with Crippen molar-refractivity contribution in [1.29, 1.82) is 0 Å². The molecule has 28 heavy (non-hydrogen) atoms. The second-order valence-electron chi connectivity index (χ2n) is 6.55. The van der Waals surface area contributed by atoms with E-state index in [1.54, 1.807) is 18.2 Å². The molecule has 6 nitrogen and oxygen atoms in total. The number of ether oxygens (including phenoxy) is 2. The Labute approximate surface area is 164 Å². The van der Waals surface area contributed by atoms with Gasteiger partial charge in [0.15, 0.2) is 0 Å². The van der Waals surface area contributed by atoms with E-state index in [-0.39, 0.29) is 5.91 Å². The Morgan fingerprint density at radius 2 is 1.82 bits per heavy atom. The molecular formula is C22H24N2O4. The fraction of sp³-hybridized carbons (Fsp3) is 0.273. The third-order valence-corrected chi connectivity index (χ3v) is 4.55. The molecule has 1 amide bonds. The summed E-state index contributed by atoms with van der Waals surface area (Å²) in [4.78, 5) is 26.7. The minimum atomic E-state index is -0.493. The van der Waals surface area contributed by atoms with E-state index in [1.807, 2.05) is 37.3 Å². The number of benzene rings is 2. The van der Waals surface area contributed by atoms with Gasteiger partial charge in [-0.05, 0) is 36.8 Å². The van der Waals surface area contributed by atoms with Crippen molar-refractivity contribution in [2.24, 2.45) is 0 Å². The number of rotatable bonds is 5. The average Bonchev–Trinajstić information content (AvgIpc) is 2.73. The van der Waals surface area contributed by atoms with Crippen molar-refractivity contribution in [1.82, 2.24) is 0 Å². The van der Waals surface area contributed by atoms with Gasteiger partial charge >= 0.3 is 5.97 Å². The van der Waals surface area contributed by atoms with Crippen LogP contribution in [0.3, 0.4) is 0 Å². The molecule has 0 bridgehead atoms. The first-order chi connectivity index (χ1) is 13.6. The molecule has 0 aliphatic carbocycles. The Morgan fingerprint density at radius 3 is 2.50 bits per heavy atom. The van der Waals surface area contributed by atoms with E-state index in [2.05, 4.69) is 10.2 Å². The van der Waals surface area contributed by atoms with E-state index in [0.29, 0.717) is 24.5 Å². The predicted octanol–water partition coefficient (Wildman–Crippen LogP) is 3.27. The quantitative estimate of drug-likeness (QED) is 0.637. The van der Waals surface area contributed by atoms with Crippen LogP contribution in [0.4, 0.5) is 11.4 Å². The highest BCUT2D eigenvalue weighted by Crippen LogP contribution is 2.25. The first kappa shape index (κ1) is 19.6. The molecule has 0 atom stereocenters. The number of carbonyl (C=O) groups is 2. The van der Waals surface area contributed by atoms with Crippen molar-refractivity contribution in [2.75, 3.05) is 43.6 Å². The maximum Gasteiger partial charge on any atom is 0.340 e. The van der Waals surface area contributed by atoms with Crippen molar-refractivity contribution >= 4 is 29.3 Å². The fourth-order valence-corrected chi connectivity index (χ4v) is 2.96. The summed E-state index contributed by atoms with van der Waals surface area (Å²) < 4.78 is 10.3. The molecular weight excluding hydrogens is 356 g/mol. The minimum absolute atomic E-state index is 0.315. The Bertz CT molecular complexity index is 869. The second-order valence-corrected chi connectivity index (χ2v) is 6.55. The van der Waals surface area contributed by atoms with Gasteiger partial charge < -0.3 is 19.7 Å². The van der Waals surface area contributed by atoms with Crippen molar-refractivity contribution in [3.8, 4) is 0 Å². The predicted molar refractivity (Wildman–Crippen MR) is 110 cm³/mol. The van der Waals surface area contributed by atoms with E-state index in [1.165, 1.54) is 13.2 Å². The standard InChI is InChI=1S/C22H24N2O4/c1-16-3-5-17(6-4-16)7-10-21(25)23-20-9-8-18(15-19(20)22(26)27-2)24-11-13-28-14-12-24/h3-10,15H,11-14H2,1-2H3,(H,23,25)/b10-7+. The molecule has 1 saturated heterocycles. The van der Waals surface area contributed by atoms with Gasteiger partial charge in [-0.25, -0.2) is 4.79 Å². The number of hydrogen-bond acceptors (Lipinski definition) is 5. The zero-order valence-electron chi connectivity index (χ0n) is 16.1. The van der Waals surface area contributed by atoms with Crippen LogP contribution in [0.2, 0.25) is 0 Å². The van der Waals surface area contributed by atoms with E-state index in [4.69, 9.17) is 9.47 Å². The lowest BCUT2D eigenvalue weighted by molar-refractivity contribution is -0.111. The molecule has 0 saturated carbocycles. The van der Waals surface area contributed by atoms with Gasteiger partial charge in [0, 0.05) is 24.9 Å². The summed E-state index contributed by atoms with van der Waals surface area (Å²) in [5, 5.41) is 2.77. The molecule has 0 aromatic heterocycles. The molecule has 146 valence electrons. The summed E-state index contributed by atoms with van der Waals surface area (Å²) >= 11 is 0. The lowest BCUT2D eigenvalue weighted by atomic mass is 10.1. The van der Waals surface area contributed by atoms with E-state index in [0.717, 1.165) is 29.9 Å². The van der Waals surface area contributed by atoms with Crippen LogP contribution in [0.25, 0.3) is 6.08 Å². The fourth-order valence-electron chi connectivity index (χ4n) is 2.96. The van der Waals surface area contributed by atoms with Crippen molar-refractivity contribution in [3.05, 3.63) is 65.2 Å². The van der Waals surface area contributed by atoms with Gasteiger partial charge in [0.2, 0.25) is 5.91 Å². The molecule has 0 spiro atoms. The molecule has 6 heteroatoms. The van der Waals surface area contributed by atoms with E-state index >= 15 is 0 Å². The number of aryl methyl sites for hydroxylation is 1. The lowest BCUT2D eigenvalue weighted by Gasteiger charge is -2.29. The van der Waals surface area contributed by atoms with Crippen LogP contribution < -0.4 is 10.2 Å². The van der Waals surface area contributed by atoms with Crippen LogP contribution in [0.1, 0.15) is 21.5 Å². The number of methoxy groups -OCH3 is 1. The average molecular weight is 380 g/mol.